The van der Waals surface area contributed by atoms with Crippen molar-refractivity contribution in [2.75, 3.05) is 5.32 Å². The van der Waals surface area contributed by atoms with Gasteiger partial charge in [-0.2, -0.15) is 4.98 Å². The third-order valence-electron chi connectivity index (χ3n) is 3.70. The molecule has 0 radical (unpaired) electrons. The lowest BCUT2D eigenvalue weighted by molar-refractivity contribution is 0.791. The molecule has 3 rings (SSSR count). The van der Waals surface area contributed by atoms with Gasteiger partial charge in [-0.15, -0.1) is 0 Å². The van der Waals surface area contributed by atoms with Crippen LogP contribution in [0, 0.1) is 6.92 Å². The maximum Gasteiger partial charge on any atom is 0.278 e. The van der Waals surface area contributed by atoms with Crippen molar-refractivity contribution in [2.24, 2.45) is 0 Å². The molecule has 0 aliphatic rings. The van der Waals surface area contributed by atoms with Gasteiger partial charge in [0.05, 0.1) is 6.33 Å². The van der Waals surface area contributed by atoms with E-state index in [2.05, 4.69) is 51.2 Å². The molecular weight excluding hydrogens is 278 g/mol. The highest BCUT2D eigenvalue weighted by molar-refractivity contribution is 5.70. The van der Waals surface area contributed by atoms with Crippen molar-refractivity contribution in [2.45, 2.75) is 33.1 Å². The minimum absolute atomic E-state index is 0.235. The molecule has 0 amide bonds. The lowest BCUT2D eigenvalue weighted by Crippen LogP contribution is -2.11. The van der Waals surface area contributed by atoms with Crippen LogP contribution in [0.2, 0.25) is 0 Å². The summed E-state index contributed by atoms with van der Waals surface area (Å²) in [6, 6.07) is 6.20. The molecule has 0 unspecified atom stereocenters. The van der Waals surface area contributed by atoms with E-state index in [0.29, 0.717) is 17.1 Å². The maximum absolute atomic E-state index is 11.9. The van der Waals surface area contributed by atoms with Crippen molar-refractivity contribution in [3.05, 3.63) is 46.0 Å². The quantitative estimate of drug-likeness (QED) is 0.675. The third-order valence-corrected chi connectivity index (χ3v) is 3.70. The predicted molar refractivity (Wildman–Crippen MR) is 87.6 cm³/mol. The minimum atomic E-state index is -0.235. The highest BCUT2D eigenvalue weighted by Crippen LogP contribution is 2.19. The summed E-state index contributed by atoms with van der Waals surface area (Å²) in [4.78, 5) is 25.7. The van der Waals surface area contributed by atoms with Crippen LogP contribution < -0.4 is 10.9 Å². The molecule has 114 valence electrons. The fraction of sp³-hybridized carbons (Fsp3) is 0.312. The van der Waals surface area contributed by atoms with E-state index in [1.165, 1.54) is 30.3 Å². The molecule has 0 atom stereocenters. The molecular formula is C16H19N5O. The molecule has 22 heavy (non-hydrogen) atoms. The van der Waals surface area contributed by atoms with Crippen LogP contribution in [0.15, 0.2) is 29.3 Å². The van der Waals surface area contributed by atoms with Crippen LogP contribution in [-0.2, 0) is 6.42 Å². The molecule has 0 saturated heterocycles. The smallest absolute Gasteiger partial charge is 0.278 e. The van der Waals surface area contributed by atoms with Crippen LogP contribution in [0.5, 0.6) is 0 Å². The first-order chi connectivity index (χ1) is 10.7. The first-order valence-corrected chi connectivity index (χ1v) is 7.47. The Hall–Kier alpha value is -2.63. The zero-order valence-electron chi connectivity index (χ0n) is 12.7. The topological polar surface area (TPSA) is 86.5 Å². The van der Waals surface area contributed by atoms with Crippen molar-refractivity contribution in [3.63, 3.8) is 0 Å². The normalized spacial score (nSPS) is 11.0. The Morgan fingerprint density at radius 3 is 2.95 bits per heavy atom. The summed E-state index contributed by atoms with van der Waals surface area (Å²) >= 11 is 0. The van der Waals surface area contributed by atoms with Crippen molar-refractivity contribution >= 4 is 22.8 Å². The number of nitrogens with zero attached hydrogens (tertiary/aromatic N) is 2. The fourth-order valence-electron chi connectivity index (χ4n) is 2.46. The maximum atomic E-state index is 11.9. The van der Waals surface area contributed by atoms with Crippen LogP contribution in [0.1, 0.15) is 30.9 Å². The summed E-state index contributed by atoms with van der Waals surface area (Å²) < 4.78 is 0. The first-order valence-electron chi connectivity index (χ1n) is 7.47. The highest BCUT2D eigenvalue weighted by Gasteiger charge is 2.06. The van der Waals surface area contributed by atoms with Crippen LogP contribution in [0.4, 0.5) is 11.6 Å². The van der Waals surface area contributed by atoms with Gasteiger partial charge in [0.1, 0.15) is 0 Å². The number of unbranched alkanes of at least 4 members (excludes halogenated alkanes) is 1. The Bertz CT molecular complexity index is 849. The molecule has 6 heteroatoms. The van der Waals surface area contributed by atoms with Crippen LogP contribution in [-0.4, -0.2) is 19.9 Å². The van der Waals surface area contributed by atoms with E-state index in [0.717, 1.165) is 12.1 Å². The molecule has 0 aliphatic carbocycles. The number of rotatable bonds is 5. The lowest BCUT2D eigenvalue weighted by Gasteiger charge is -2.09. The Labute approximate surface area is 128 Å². The van der Waals surface area contributed by atoms with E-state index in [1.807, 2.05) is 6.07 Å². The summed E-state index contributed by atoms with van der Waals surface area (Å²) in [6.45, 7) is 4.29. The second-order valence-electron chi connectivity index (χ2n) is 5.39. The zero-order valence-corrected chi connectivity index (χ0v) is 12.7. The number of aromatic amines is 2. The monoisotopic (exact) mass is 297 g/mol. The molecule has 6 nitrogen and oxygen atoms in total. The second-order valence-corrected chi connectivity index (χ2v) is 5.39. The van der Waals surface area contributed by atoms with Gasteiger partial charge in [0.15, 0.2) is 11.2 Å². The zero-order chi connectivity index (χ0) is 15.5. The number of aromatic nitrogens is 4. The van der Waals surface area contributed by atoms with E-state index in [1.54, 1.807) is 0 Å². The van der Waals surface area contributed by atoms with E-state index in [9.17, 15) is 4.79 Å². The third kappa shape index (κ3) is 2.86. The van der Waals surface area contributed by atoms with Crippen molar-refractivity contribution in [1.29, 1.82) is 0 Å². The van der Waals surface area contributed by atoms with Gasteiger partial charge < -0.3 is 10.3 Å². The van der Waals surface area contributed by atoms with E-state index in [-0.39, 0.29) is 5.56 Å². The van der Waals surface area contributed by atoms with Crippen LogP contribution >= 0.6 is 0 Å². The van der Waals surface area contributed by atoms with Gasteiger partial charge in [-0.25, -0.2) is 4.98 Å². The summed E-state index contributed by atoms with van der Waals surface area (Å²) in [5.41, 5.74) is 4.05. The van der Waals surface area contributed by atoms with Crippen molar-refractivity contribution in [3.8, 4) is 0 Å². The molecule has 2 heterocycles. The number of anilines is 2. The largest absolute Gasteiger partial charge is 0.339 e. The Morgan fingerprint density at radius 2 is 2.18 bits per heavy atom. The molecule has 3 N–H and O–H groups in total. The van der Waals surface area contributed by atoms with Gasteiger partial charge >= 0.3 is 0 Å². The molecule has 0 spiro atoms. The molecule has 0 bridgehead atoms. The lowest BCUT2D eigenvalue weighted by atomic mass is 10.0. The van der Waals surface area contributed by atoms with Gasteiger partial charge in [0.25, 0.3) is 5.56 Å². The van der Waals surface area contributed by atoms with Gasteiger partial charge in [-0.3, -0.25) is 9.78 Å². The highest BCUT2D eigenvalue weighted by atomic mass is 16.1. The minimum Gasteiger partial charge on any atom is -0.339 e. The number of benzene rings is 1. The number of hydrogen-bond acceptors (Lipinski definition) is 4. The van der Waals surface area contributed by atoms with Gasteiger partial charge in [-0.1, -0.05) is 19.4 Å². The Balaban J connectivity index is 1.85. The number of fused-ring (bicyclic) bond motifs is 1. The number of H-pyrrole nitrogens is 2. The molecule has 0 saturated carbocycles. The number of hydrogen-bond donors (Lipinski definition) is 3. The average molecular weight is 297 g/mol. The Kier molecular flexibility index (Phi) is 3.91. The first kappa shape index (κ1) is 14.3. The summed E-state index contributed by atoms with van der Waals surface area (Å²) in [7, 11) is 0. The van der Waals surface area contributed by atoms with Crippen molar-refractivity contribution < 1.29 is 0 Å². The van der Waals surface area contributed by atoms with E-state index < -0.39 is 0 Å². The summed E-state index contributed by atoms with van der Waals surface area (Å²) in [5.74, 6) is 0.394. The molecule has 0 fully saturated rings. The van der Waals surface area contributed by atoms with E-state index in [4.69, 9.17) is 0 Å². The molecule has 2 aromatic heterocycles. The number of imidazole rings is 1. The summed E-state index contributed by atoms with van der Waals surface area (Å²) in [6.07, 6.45) is 4.94. The predicted octanol–water partition coefficient (Wildman–Crippen LogP) is 3.04. The van der Waals surface area contributed by atoms with Crippen LogP contribution in [0.3, 0.4) is 0 Å². The molecule has 0 aliphatic heterocycles. The Morgan fingerprint density at radius 1 is 1.32 bits per heavy atom. The number of aryl methyl sites for hydroxylation is 2. The molecule has 1 aromatic carbocycles. The van der Waals surface area contributed by atoms with Gasteiger partial charge in [0.2, 0.25) is 5.95 Å². The summed E-state index contributed by atoms with van der Waals surface area (Å²) in [5, 5.41) is 3.13. The fourth-order valence-corrected chi connectivity index (χ4v) is 2.46. The van der Waals surface area contributed by atoms with Gasteiger partial charge in [-0.05, 0) is 43.0 Å². The van der Waals surface area contributed by atoms with Crippen LogP contribution in [0.25, 0.3) is 11.2 Å². The second kappa shape index (κ2) is 6.01. The SMILES string of the molecule is CCCCc1ccc(Nc2nc3nc[nH]c3c(=O)[nH]2)cc1C. The molecule has 3 aromatic rings. The average Bonchev–Trinajstić information content (AvgIpc) is 2.95. The van der Waals surface area contributed by atoms with Gasteiger partial charge in [0, 0.05) is 5.69 Å². The van der Waals surface area contributed by atoms with E-state index >= 15 is 0 Å². The number of nitrogens with one attached hydrogen (secondary N) is 3. The van der Waals surface area contributed by atoms with Crippen molar-refractivity contribution in [1.82, 2.24) is 19.9 Å². The standard InChI is InChI=1S/C16H19N5O/c1-3-4-5-11-6-7-12(8-10(11)2)19-16-20-14-13(15(22)21-16)17-9-18-14/h6-9H,3-5H2,1-2H3,(H3,17,18,19,20,21,22).